The standard InChI is InChI=1S/C41H49N7O7/c1-25-15-27(16-29-24-44-47-34(25)29)18-32(37(50)53-6)45-36(49)30-19-28-20-41(21-33(28)42-23-30)31-17-26(22-43-35(31)46-38(41)51)11-10-14-54-13-9-7-8-12-48(5)39(52)55-40(2,3)4/h10-11,15-17,19,22-24,32H,7-9,12-14,18,20-21H2,1-6H3,(H,44,47)(H,45,49)(H,43,46,51)/b11-10+/t32-,41+/m1/s1. The van der Waals surface area contributed by atoms with Gasteiger partial charge in [0, 0.05) is 62.1 Å². The van der Waals surface area contributed by atoms with Crippen molar-refractivity contribution in [2.24, 2.45) is 0 Å². The van der Waals surface area contributed by atoms with Crippen LogP contribution in [0, 0.1) is 6.92 Å². The van der Waals surface area contributed by atoms with Gasteiger partial charge in [0.1, 0.15) is 17.5 Å². The summed E-state index contributed by atoms with van der Waals surface area (Å²) < 4.78 is 16.2. The highest BCUT2D eigenvalue weighted by Crippen LogP contribution is 2.46. The number of carbonyl (C=O) groups excluding carboxylic acids is 4. The summed E-state index contributed by atoms with van der Waals surface area (Å²) in [7, 11) is 3.03. The molecule has 2 atom stereocenters. The van der Waals surface area contributed by atoms with E-state index < -0.39 is 28.9 Å². The minimum absolute atomic E-state index is 0.156. The lowest BCUT2D eigenvalue weighted by molar-refractivity contribution is -0.142. The molecular formula is C41H49N7O7. The summed E-state index contributed by atoms with van der Waals surface area (Å²) in [6.45, 7) is 9.16. The summed E-state index contributed by atoms with van der Waals surface area (Å²) in [4.78, 5) is 62.7. The summed E-state index contributed by atoms with van der Waals surface area (Å²) in [5, 5.41) is 13.8. The van der Waals surface area contributed by atoms with E-state index >= 15 is 0 Å². The van der Waals surface area contributed by atoms with Gasteiger partial charge in [-0.05, 0) is 93.8 Å². The van der Waals surface area contributed by atoms with Crippen LogP contribution < -0.4 is 10.6 Å². The topological polar surface area (TPSA) is 178 Å². The van der Waals surface area contributed by atoms with Crippen LogP contribution in [0.15, 0.2) is 48.9 Å². The average molecular weight is 752 g/mol. The highest BCUT2D eigenvalue weighted by atomic mass is 16.6. The molecule has 4 heterocycles. The Kier molecular flexibility index (Phi) is 11.6. The molecule has 0 bridgehead atoms. The van der Waals surface area contributed by atoms with Crippen molar-refractivity contribution >= 4 is 46.7 Å². The third-order valence-corrected chi connectivity index (χ3v) is 9.92. The SMILES string of the molecule is COC(=O)[C@@H](Cc1cc(C)c2[nH]ncc2c1)NC(=O)c1cnc2c(c1)C[C@@]1(C2)C(=O)Nc2ncc(/C=C/COCCCCCN(C)C(=O)OC(C)(C)C)cc21. The minimum atomic E-state index is -0.930. The number of pyridine rings is 2. The number of benzene rings is 1. The molecular weight excluding hydrogens is 702 g/mol. The molecule has 14 nitrogen and oxygen atoms in total. The number of amides is 3. The predicted molar refractivity (Wildman–Crippen MR) is 207 cm³/mol. The van der Waals surface area contributed by atoms with Crippen LogP contribution >= 0.6 is 0 Å². The molecule has 14 heteroatoms. The smallest absolute Gasteiger partial charge is 0.410 e. The summed E-state index contributed by atoms with van der Waals surface area (Å²) >= 11 is 0. The fraction of sp³-hybridized carbons (Fsp3) is 0.439. The molecule has 3 amide bonds. The Labute approximate surface area is 320 Å². The molecule has 1 aliphatic heterocycles. The maximum absolute atomic E-state index is 13.5. The van der Waals surface area contributed by atoms with Crippen LogP contribution in [0.25, 0.3) is 17.0 Å². The van der Waals surface area contributed by atoms with Crippen molar-refractivity contribution in [1.29, 1.82) is 0 Å². The Bertz CT molecular complexity index is 2120. The second kappa shape index (κ2) is 16.4. The first-order valence-electron chi connectivity index (χ1n) is 18.6. The van der Waals surface area contributed by atoms with Gasteiger partial charge >= 0.3 is 12.1 Å². The zero-order valence-corrected chi connectivity index (χ0v) is 32.3. The molecule has 290 valence electrons. The number of carbonyl (C=O) groups is 4. The number of unbranched alkanes of at least 4 members (excludes halogenated alkanes) is 2. The van der Waals surface area contributed by atoms with E-state index in [0.29, 0.717) is 38.4 Å². The molecule has 0 saturated carbocycles. The lowest BCUT2D eigenvalue weighted by Crippen LogP contribution is -2.43. The highest BCUT2D eigenvalue weighted by Gasteiger charge is 2.52. The van der Waals surface area contributed by atoms with Crippen molar-refractivity contribution < 1.29 is 33.4 Å². The Morgan fingerprint density at radius 1 is 1.05 bits per heavy atom. The Balaban J connectivity index is 1.03. The van der Waals surface area contributed by atoms with Gasteiger partial charge in [-0.1, -0.05) is 18.2 Å². The lowest BCUT2D eigenvalue weighted by Gasteiger charge is -2.24. The van der Waals surface area contributed by atoms with Gasteiger partial charge in [0.2, 0.25) is 5.91 Å². The predicted octanol–water partition coefficient (Wildman–Crippen LogP) is 5.23. The first kappa shape index (κ1) is 39.1. The fourth-order valence-electron chi connectivity index (χ4n) is 7.13. The summed E-state index contributed by atoms with van der Waals surface area (Å²) in [6.07, 6.45) is 12.1. The van der Waals surface area contributed by atoms with Gasteiger partial charge in [-0.3, -0.25) is 19.7 Å². The maximum Gasteiger partial charge on any atom is 0.410 e. The van der Waals surface area contributed by atoms with Crippen LogP contribution in [-0.4, -0.2) is 94.5 Å². The van der Waals surface area contributed by atoms with E-state index in [4.69, 9.17) is 14.2 Å². The Hall–Kier alpha value is -5.63. The second-order valence-corrected chi connectivity index (χ2v) is 15.3. The minimum Gasteiger partial charge on any atom is -0.467 e. The van der Waals surface area contributed by atoms with Crippen LogP contribution in [0.5, 0.6) is 0 Å². The molecule has 0 saturated heterocycles. The molecule has 0 unspecified atom stereocenters. The zero-order chi connectivity index (χ0) is 39.3. The van der Waals surface area contributed by atoms with E-state index in [1.54, 1.807) is 30.4 Å². The van der Waals surface area contributed by atoms with E-state index in [0.717, 1.165) is 63.7 Å². The number of rotatable bonds is 14. The van der Waals surface area contributed by atoms with Crippen molar-refractivity contribution in [3.63, 3.8) is 0 Å². The fourth-order valence-corrected chi connectivity index (χ4v) is 7.13. The number of nitrogens with zero attached hydrogens (tertiary/aromatic N) is 4. The largest absolute Gasteiger partial charge is 0.467 e. The number of hydrogen-bond donors (Lipinski definition) is 3. The van der Waals surface area contributed by atoms with Crippen LogP contribution in [0.3, 0.4) is 0 Å². The molecule has 3 aromatic heterocycles. The van der Waals surface area contributed by atoms with Crippen LogP contribution in [0.1, 0.15) is 83.9 Å². The second-order valence-electron chi connectivity index (χ2n) is 15.3. The third-order valence-electron chi connectivity index (χ3n) is 9.92. The highest BCUT2D eigenvalue weighted by molar-refractivity contribution is 6.06. The molecule has 3 N–H and O–H groups in total. The molecule has 0 fully saturated rings. The van der Waals surface area contributed by atoms with Gasteiger partial charge < -0.3 is 29.7 Å². The quantitative estimate of drug-likeness (QED) is 0.114. The van der Waals surface area contributed by atoms with Gasteiger partial charge in [-0.15, -0.1) is 0 Å². The number of hydrogen-bond acceptors (Lipinski definition) is 10. The number of aromatic amines is 1. The van der Waals surface area contributed by atoms with E-state index in [1.807, 2.05) is 58.0 Å². The van der Waals surface area contributed by atoms with Crippen molar-refractivity contribution in [2.75, 3.05) is 39.2 Å². The third kappa shape index (κ3) is 9.02. The van der Waals surface area contributed by atoms with Crippen LogP contribution in [0.4, 0.5) is 10.6 Å². The molecule has 1 aromatic carbocycles. The number of fused-ring (bicyclic) bond motifs is 4. The van der Waals surface area contributed by atoms with Crippen molar-refractivity contribution in [2.45, 2.75) is 83.3 Å². The van der Waals surface area contributed by atoms with Gasteiger partial charge in [0.15, 0.2) is 0 Å². The maximum atomic E-state index is 13.5. The molecule has 4 aromatic rings. The molecule has 1 aliphatic carbocycles. The van der Waals surface area contributed by atoms with Crippen molar-refractivity contribution in [3.8, 4) is 0 Å². The van der Waals surface area contributed by atoms with Gasteiger partial charge in [0.05, 0.1) is 36.4 Å². The average Bonchev–Trinajstić information content (AvgIpc) is 3.85. The van der Waals surface area contributed by atoms with E-state index in [2.05, 4.69) is 30.8 Å². The monoisotopic (exact) mass is 751 g/mol. The van der Waals surface area contributed by atoms with Gasteiger partial charge in [0.25, 0.3) is 5.91 Å². The molecule has 1 spiro atoms. The number of nitrogens with one attached hydrogen (secondary N) is 3. The lowest BCUT2D eigenvalue weighted by atomic mass is 9.79. The Morgan fingerprint density at radius 2 is 1.87 bits per heavy atom. The zero-order valence-electron chi connectivity index (χ0n) is 32.3. The molecule has 2 aliphatic rings. The van der Waals surface area contributed by atoms with Crippen LogP contribution in [0.2, 0.25) is 0 Å². The summed E-state index contributed by atoms with van der Waals surface area (Å²) in [6, 6.07) is 6.68. The number of aromatic nitrogens is 4. The van der Waals surface area contributed by atoms with E-state index in [-0.39, 0.29) is 24.0 Å². The van der Waals surface area contributed by atoms with Gasteiger partial charge in [-0.25, -0.2) is 14.6 Å². The number of esters is 1. The van der Waals surface area contributed by atoms with E-state index in [9.17, 15) is 19.2 Å². The number of methoxy groups -OCH3 is 1. The van der Waals surface area contributed by atoms with Crippen molar-refractivity contribution in [1.82, 2.24) is 30.4 Å². The molecule has 6 rings (SSSR count). The van der Waals surface area contributed by atoms with Gasteiger partial charge in [-0.2, -0.15) is 5.10 Å². The summed E-state index contributed by atoms with van der Waals surface area (Å²) in [5.41, 5.74) is 4.77. The van der Waals surface area contributed by atoms with Crippen LogP contribution in [-0.2, 0) is 48.5 Å². The normalized spacial score (nSPS) is 16.6. The van der Waals surface area contributed by atoms with E-state index in [1.165, 1.54) is 13.3 Å². The number of aryl methyl sites for hydroxylation is 1. The van der Waals surface area contributed by atoms with Crippen molar-refractivity contribution in [3.05, 3.63) is 88.0 Å². The first-order chi connectivity index (χ1) is 26.3. The molecule has 55 heavy (non-hydrogen) atoms. The summed E-state index contributed by atoms with van der Waals surface area (Å²) in [5.74, 6) is -0.666. The number of ether oxygens (including phenoxy) is 3. The number of anilines is 1. The molecule has 0 radical (unpaired) electrons. The Morgan fingerprint density at radius 3 is 2.65 bits per heavy atom. The number of H-pyrrole nitrogens is 1. The first-order valence-corrected chi connectivity index (χ1v) is 18.6.